The van der Waals surface area contributed by atoms with Gasteiger partial charge in [-0.25, -0.2) is 9.97 Å². The van der Waals surface area contributed by atoms with Crippen molar-refractivity contribution in [1.82, 2.24) is 14.9 Å². The molecule has 2 aromatic heterocycles. The Hall–Kier alpha value is -1.99. The van der Waals surface area contributed by atoms with E-state index in [1.165, 1.54) is 46.9 Å². The number of thiazole rings is 2. The number of rotatable bonds is 8. The highest BCUT2D eigenvalue weighted by Gasteiger charge is 2.29. The molecule has 3 rings (SSSR count). The molecule has 2 heterocycles. The zero-order valence-electron chi connectivity index (χ0n) is 16.6. The summed E-state index contributed by atoms with van der Waals surface area (Å²) < 4.78 is 37.2. The van der Waals surface area contributed by atoms with Crippen molar-refractivity contribution in [2.24, 2.45) is 0 Å². The summed E-state index contributed by atoms with van der Waals surface area (Å²) in [5, 5.41) is 14.9. The molecule has 1 aromatic carbocycles. The molecule has 3 aromatic rings. The van der Waals surface area contributed by atoms with Gasteiger partial charge in [0.25, 0.3) is 0 Å². The summed E-state index contributed by atoms with van der Waals surface area (Å²) in [6.07, 6.45) is 0.0208. The summed E-state index contributed by atoms with van der Waals surface area (Å²) >= 11 is 2.43. The summed E-state index contributed by atoms with van der Waals surface area (Å²) in [4.78, 5) is 24.1. The van der Waals surface area contributed by atoms with Gasteiger partial charge in [0, 0.05) is 16.8 Å². The number of carbonyl (C=O) groups is 1. The third-order valence-corrected chi connectivity index (χ3v) is 6.45. The lowest BCUT2D eigenvalue weighted by Crippen LogP contribution is -2.14. The van der Waals surface area contributed by atoms with Crippen molar-refractivity contribution in [2.45, 2.75) is 30.0 Å². The summed E-state index contributed by atoms with van der Waals surface area (Å²) in [6.45, 7) is 0.437. The molecule has 0 radical (unpaired) electrons. The van der Waals surface area contributed by atoms with Crippen molar-refractivity contribution in [3.8, 4) is 10.6 Å². The van der Waals surface area contributed by atoms with Crippen molar-refractivity contribution in [1.29, 1.82) is 0 Å². The van der Waals surface area contributed by atoms with Crippen LogP contribution in [0.2, 0.25) is 0 Å². The zero-order valence-corrected chi connectivity index (χ0v) is 19.0. The van der Waals surface area contributed by atoms with Gasteiger partial charge in [-0.15, -0.1) is 22.7 Å². The van der Waals surface area contributed by atoms with Gasteiger partial charge in [-0.1, -0.05) is 12.1 Å². The summed E-state index contributed by atoms with van der Waals surface area (Å²) in [5.41, 5.74) is -2.27. The molecule has 0 aliphatic rings. The molecule has 166 valence electrons. The standard InChI is InChI=1S/C19H19F3N4O2S3/c1-26(2)8-13-17(30-16(9-27)23-13)14-10-29-18(24-14)25-15(28)7-11-3-5-12(6-4-11)31-19(20,21)22/h3-6,10,27H,7-9H2,1-2H3,(H,24,25,28). The Labute approximate surface area is 189 Å². The first-order valence-corrected chi connectivity index (χ1v) is 11.5. The highest BCUT2D eigenvalue weighted by Crippen LogP contribution is 2.37. The molecule has 2 N–H and O–H groups in total. The Bertz CT molecular complexity index is 1030. The van der Waals surface area contributed by atoms with Gasteiger partial charge in [-0.05, 0) is 43.6 Å². The van der Waals surface area contributed by atoms with Gasteiger partial charge in [0.05, 0.1) is 29.3 Å². The van der Waals surface area contributed by atoms with Crippen LogP contribution in [-0.4, -0.2) is 45.5 Å². The third kappa shape index (κ3) is 7.01. The predicted molar refractivity (Wildman–Crippen MR) is 117 cm³/mol. The number of thioether (sulfide) groups is 1. The molecule has 0 aliphatic carbocycles. The van der Waals surface area contributed by atoms with Gasteiger partial charge in [-0.2, -0.15) is 13.2 Å². The summed E-state index contributed by atoms with van der Waals surface area (Å²) in [7, 11) is 3.84. The van der Waals surface area contributed by atoms with Crippen LogP contribution in [0.15, 0.2) is 34.5 Å². The number of hydrogen-bond acceptors (Lipinski definition) is 8. The third-order valence-electron chi connectivity index (χ3n) is 3.85. The average Bonchev–Trinajstić information content (AvgIpc) is 3.28. The van der Waals surface area contributed by atoms with Crippen LogP contribution >= 0.6 is 34.4 Å². The van der Waals surface area contributed by atoms with Gasteiger partial charge in [0.2, 0.25) is 5.91 Å². The molecule has 0 spiro atoms. The first-order chi connectivity index (χ1) is 14.6. The van der Waals surface area contributed by atoms with Crippen molar-refractivity contribution < 1.29 is 23.1 Å². The lowest BCUT2D eigenvalue weighted by Gasteiger charge is -2.08. The van der Waals surface area contributed by atoms with Crippen LogP contribution in [0.3, 0.4) is 0 Å². The van der Waals surface area contributed by atoms with Crippen LogP contribution < -0.4 is 5.32 Å². The van der Waals surface area contributed by atoms with Crippen LogP contribution in [0.4, 0.5) is 18.3 Å². The van der Waals surface area contributed by atoms with E-state index in [4.69, 9.17) is 0 Å². The second-order valence-corrected chi connectivity index (χ2v) is 9.81. The average molecular weight is 489 g/mol. The van der Waals surface area contributed by atoms with E-state index in [-0.39, 0.29) is 35.6 Å². The SMILES string of the molecule is CN(C)Cc1nc(CO)sc1-c1csc(NC(=O)Cc2ccc(SC(F)(F)F)cc2)n1. The van der Waals surface area contributed by atoms with Crippen molar-refractivity contribution in [3.05, 3.63) is 45.9 Å². The van der Waals surface area contributed by atoms with Gasteiger partial charge in [0.15, 0.2) is 5.13 Å². The number of hydrogen-bond donors (Lipinski definition) is 2. The molecular formula is C19H19F3N4O2S3. The second-order valence-electron chi connectivity index (χ2n) is 6.73. The number of nitrogens with zero attached hydrogens (tertiary/aromatic N) is 3. The highest BCUT2D eigenvalue weighted by atomic mass is 32.2. The number of amides is 1. The number of alkyl halides is 3. The molecule has 0 atom stereocenters. The minimum atomic E-state index is -4.34. The predicted octanol–water partition coefficient (Wildman–Crippen LogP) is 4.61. The maximum absolute atomic E-state index is 12.4. The van der Waals surface area contributed by atoms with E-state index in [0.717, 1.165) is 10.6 Å². The Morgan fingerprint density at radius 2 is 1.94 bits per heavy atom. The number of aromatic nitrogens is 2. The van der Waals surface area contributed by atoms with Crippen LogP contribution in [0.1, 0.15) is 16.3 Å². The largest absolute Gasteiger partial charge is 0.446 e. The Balaban J connectivity index is 1.65. The number of aliphatic hydroxyl groups excluding tert-OH is 1. The molecule has 0 aliphatic heterocycles. The van der Waals surface area contributed by atoms with E-state index < -0.39 is 5.51 Å². The molecule has 1 amide bonds. The van der Waals surface area contributed by atoms with E-state index in [1.807, 2.05) is 24.4 Å². The summed E-state index contributed by atoms with van der Waals surface area (Å²) in [6, 6.07) is 5.69. The van der Waals surface area contributed by atoms with E-state index >= 15 is 0 Å². The molecule has 0 saturated carbocycles. The minimum Gasteiger partial charge on any atom is -0.389 e. The van der Waals surface area contributed by atoms with Crippen molar-refractivity contribution >= 4 is 45.5 Å². The van der Waals surface area contributed by atoms with Crippen LogP contribution in [0.25, 0.3) is 10.6 Å². The zero-order chi connectivity index (χ0) is 22.6. The Morgan fingerprint density at radius 3 is 2.55 bits per heavy atom. The van der Waals surface area contributed by atoms with Gasteiger partial charge in [-0.3, -0.25) is 4.79 Å². The molecule has 0 saturated heterocycles. The topological polar surface area (TPSA) is 78.4 Å². The second kappa shape index (κ2) is 10.1. The Kier molecular flexibility index (Phi) is 7.70. The monoisotopic (exact) mass is 488 g/mol. The number of anilines is 1. The first kappa shape index (κ1) is 23.7. The number of halogens is 3. The Morgan fingerprint density at radius 1 is 1.23 bits per heavy atom. The molecule has 0 unspecified atom stereocenters. The van der Waals surface area contributed by atoms with Crippen molar-refractivity contribution in [2.75, 3.05) is 19.4 Å². The summed E-state index contributed by atoms with van der Waals surface area (Å²) in [5.74, 6) is -0.314. The molecule has 0 fully saturated rings. The fraction of sp³-hybridized carbons (Fsp3) is 0.316. The molecule has 12 heteroatoms. The maximum atomic E-state index is 12.4. The smallest absolute Gasteiger partial charge is 0.389 e. The normalized spacial score (nSPS) is 11.8. The van der Waals surface area contributed by atoms with Crippen LogP contribution in [0.5, 0.6) is 0 Å². The highest BCUT2D eigenvalue weighted by molar-refractivity contribution is 8.00. The quantitative estimate of drug-likeness (QED) is 0.451. The van der Waals surface area contributed by atoms with E-state index in [1.54, 1.807) is 0 Å². The van der Waals surface area contributed by atoms with E-state index in [2.05, 4.69) is 15.3 Å². The molecular weight excluding hydrogens is 469 g/mol. The van der Waals surface area contributed by atoms with Crippen LogP contribution in [-0.2, 0) is 24.4 Å². The van der Waals surface area contributed by atoms with Gasteiger partial charge < -0.3 is 15.3 Å². The lowest BCUT2D eigenvalue weighted by molar-refractivity contribution is -0.115. The van der Waals surface area contributed by atoms with E-state index in [0.29, 0.717) is 27.9 Å². The fourth-order valence-corrected chi connectivity index (χ4v) is 4.89. The molecule has 6 nitrogen and oxygen atoms in total. The van der Waals surface area contributed by atoms with Gasteiger partial charge in [0.1, 0.15) is 5.01 Å². The first-order valence-electron chi connectivity index (χ1n) is 8.97. The number of carbonyl (C=O) groups excluding carboxylic acids is 1. The minimum absolute atomic E-state index is 0.0208. The van der Waals surface area contributed by atoms with Crippen LogP contribution in [0, 0.1) is 0 Å². The molecule has 31 heavy (non-hydrogen) atoms. The number of nitrogens with one attached hydrogen (secondary N) is 1. The maximum Gasteiger partial charge on any atom is 0.446 e. The fourth-order valence-electron chi connectivity index (χ4n) is 2.67. The van der Waals surface area contributed by atoms with Gasteiger partial charge >= 0.3 is 5.51 Å². The number of benzene rings is 1. The van der Waals surface area contributed by atoms with Crippen molar-refractivity contribution in [3.63, 3.8) is 0 Å². The lowest BCUT2D eigenvalue weighted by atomic mass is 10.1. The molecule has 0 bridgehead atoms. The van der Waals surface area contributed by atoms with E-state index in [9.17, 15) is 23.1 Å². The number of aliphatic hydroxyl groups is 1.